The number of phosphoric ester groups is 2. The predicted molar refractivity (Wildman–Crippen MR) is 54.9 cm³/mol. The Morgan fingerprint density at radius 3 is 1.73 bits per heavy atom. The summed E-state index contributed by atoms with van der Waals surface area (Å²) in [5.74, 6) is 0. The van der Waals surface area contributed by atoms with Gasteiger partial charge in [-0.1, -0.05) is 0 Å². The second kappa shape index (κ2) is 15.8. The van der Waals surface area contributed by atoms with E-state index >= 15 is 0 Å². The molecule has 1 aliphatic heterocycles. The summed E-state index contributed by atoms with van der Waals surface area (Å²) in [6, 6.07) is 0. The normalized spacial score (nSPS) is 29.9. The van der Waals surface area contributed by atoms with Crippen molar-refractivity contribution in [1.82, 2.24) is 0 Å². The summed E-state index contributed by atoms with van der Waals surface area (Å²) in [6.45, 7) is -1.19. The summed E-state index contributed by atoms with van der Waals surface area (Å²) in [6.07, 6.45) is -12.5. The predicted octanol–water partition coefficient (Wildman–Crippen LogP) is -18.1. The van der Waals surface area contributed by atoms with Crippen LogP contribution in [0.1, 0.15) is 0 Å². The first-order valence-corrected chi connectivity index (χ1v) is 8.49. The largest absolute Gasteiger partial charge is 1.00 e. The van der Waals surface area contributed by atoms with Gasteiger partial charge >= 0.3 is 118 Å². The van der Waals surface area contributed by atoms with Crippen LogP contribution in [0.3, 0.4) is 0 Å². The SMILES string of the molecule is O=P([O-])([O-])OC[C@@H](O)C1O[C@@H](OP(=O)([O-])[O-])C(O)[C@@H](O)[C@@H]1O.[Na+].[Na+].[Na+].[Na+]. The van der Waals surface area contributed by atoms with Gasteiger partial charge in [0, 0.05) is 0 Å². The Morgan fingerprint density at radius 1 is 0.885 bits per heavy atom. The van der Waals surface area contributed by atoms with Gasteiger partial charge in [-0.15, -0.1) is 0 Å². The molecule has 6 atom stereocenters. The fourth-order valence-electron chi connectivity index (χ4n) is 1.67. The van der Waals surface area contributed by atoms with Crippen LogP contribution in [0, 0.1) is 0 Å². The summed E-state index contributed by atoms with van der Waals surface area (Å²) in [4.78, 5) is 41.5. The molecule has 0 aromatic rings. The first kappa shape index (κ1) is 37.3. The average molecular weight is 458 g/mol. The van der Waals surface area contributed by atoms with Crippen molar-refractivity contribution in [2.24, 2.45) is 0 Å². The number of rotatable bonds is 6. The monoisotopic (exact) mass is 458 g/mol. The Hall–Kier alpha value is 4.02. The van der Waals surface area contributed by atoms with E-state index in [0.29, 0.717) is 0 Å². The zero-order valence-electron chi connectivity index (χ0n) is 14.5. The van der Waals surface area contributed by atoms with Gasteiger partial charge in [0.15, 0.2) is 6.29 Å². The van der Waals surface area contributed by atoms with Crippen molar-refractivity contribution in [3.63, 3.8) is 0 Å². The first-order chi connectivity index (χ1) is 9.82. The molecule has 0 aromatic carbocycles. The molecule has 4 N–H and O–H groups in total. The standard InChI is InChI=1S/C7H16O13P2.4Na/c8-2(1-18-21(12,13)14)6-4(10)3(9)5(11)7(19-6)20-22(15,16)17;;;;/h2-11H,1H2,(H2,12,13,14)(H2,15,16,17);;;;/q;4*+1/p-4/t2-,3+,4+,5?,6?,7+;;;;/m1..../s1. The Bertz CT molecular complexity index is 473. The molecular formula is C7H12Na4O13P2. The van der Waals surface area contributed by atoms with E-state index in [1.54, 1.807) is 0 Å². The van der Waals surface area contributed by atoms with Gasteiger partial charge in [-0.05, 0) is 0 Å². The van der Waals surface area contributed by atoms with Gasteiger partial charge < -0.3 is 62.9 Å². The number of hydrogen-bond donors (Lipinski definition) is 4. The topological polar surface area (TPSA) is 235 Å². The Morgan fingerprint density at radius 2 is 1.35 bits per heavy atom. The minimum absolute atomic E-state index is 0. The van der Waals surface area contributed by atoms with E-state index in [-0.39, 0.29) is 118 Å². The summed E-state index contributed by atoms with van der Waals surface area (Å²) < 4.78 is 32.9. The van der Waals surface area contributed by atoms with Crippen molar-refractivity contribution in [1.29, 1.82) is 0 Å². The van der Waals surface area contributed by atoms with Crippen LogP contribution in [0.2, 0.25) is 0 Å². The van der Waals surface area contributed by atoms with Crippen molar-refractivity contribution in [2.75, 3.05) is 6.61 Å². The van der Waals surface area contributed by atoms with Crippen molar-refractivity contribution in [3.05, 3.63) is 0 Å². The second-order valence-electron chi connectivity index (χ2n) is 4.30. The molecular weight excluding hydrogens is 446 g/mol. The van der Waals surface area contributed by atoms with Crippen LogP contribution in [0.15, 0.2) is 0 Å². The molecule has 0 spiro atoms. The Kier molecular flexibility index (Phi) is 22.6. The summed E-state index contributed by atoms with van der Waals surface area (Å²) in [5, 5.41) is 38.0. The van der Waals surface area contributed by atoms with Crippen LogP contribution in [-0.2, 0) is 22.9 Å². The Labute approximate surface area is 236 Å². The molecule has 13 nitrogen and oxygen atoms in total. The summed E-state index contributed by atoms with van der Waals surface area (Å²) >= 11 is 0. The van der Waals surface area contributed by atoms with Gasteiger partial charge in [0.05, 0.1) is 22.3 Å². The minimum Gasteiger partial charge on any atom is -0.790 e. The maximum absolute atomic E-state index is 10.5. The smallest absolute Gasteiger partial charge is 0.790 e. The molecule has 2 unspecified atom stereocenters. The summed E-state index contributed by atoms with van der Waals surface area (Å²) in [5.41, 5.74) is 0. The molecule has 26 heavy (non-hydrogen) atoms. The van der Waals surface area contributed by atoms with Crippen molar-refractivity contribution in [3.8, 4) is 0 Å². The number of ether oxygens (including phenoxy) is 1. The first-order valence-electron chi connectivity index (χ1n) is 5.56. The van der Waals surface area contributed by atoms with E-state index in [9.17, 15) is 49.1 Å². The van der Waals surface area contributed by atoms with Gasteiger partial charge in [0.1, 0.15) is 30.5 Å². The minimum atomic E-state index is -5.65. The molecule has 0 aliphatic carbocycles. The molecule has 19 heteroatoms. The van der Waals surface area contributed by atoms with Gasteiger partial charge in [-0.2, -0.15) is 0 Å². The molecule has 1 heterocycles. The fraction of sp³-hybridized carbons (Fsp3) is 1.00. The fourth-order valence-corrected chi connectivity index (χ4v) is 2.43. The van der Waals surface area contributed by atoms with Gasteiger partial charge in [0.2, 0.25) is 0 Å². The van der Waals surface area contributed by atoms with E-state index in [1.807, 2.05) is 0 Å². The van der Waals surface area contributed by atoms with Crippen LogP contribution in [-0.4, -0.2) is 63.8 Å². The van der Waals surface area contributed by atoms with Gasteiger partial charge in [-0.3, -0.25) is 0 Å². The van der Waals surface area contributed by atoms with E-state index < -0.39 is 59.1 Å². The molecule has 1 aliphatic rings. The molecule has 1 rings (SSSR count). The molecule has 1 saturated heterocycles. The third-order valence-electron chi connectivity index (χ3n) is 2.62. The van der Waals surface area contributed by atoms with Crippen LogP contribution in [0.25, 0.3) is 0 Å². The molecule has 132 valence electrons. The molecule has 0 saturated carbocycles. The molecule has 0 aromatic heterocycles. The number of aliphatic hydroxyl groups excluding tert-OH is 4. The van der Waals surface area contributed by atoms with Crippen molar-refractivity contribution in [2.45, 2.75) is 36.8 Å². The zero-order valence-corrected chi connectivity index (χ0v) is 24.3. The molecule has 0 amide bonds. The van der Waals surface area contributed by atoms with E-state index in [4.69, 9.17) is 0 Å². The third kappa shape index (κ3) is 13.4. The average Bonchev–Trinajstić information content (AvgIpc) is 2.34. The number of hydrogen-bond acceptors (Lipinski definition) is 13. The van der Waals surface area contributed by atoms with E-state index in [0.717, 1.165) is 0 Å². The molecule has 0 radical (unpaired) electrons. The zero-order chi connectivity index (χ0) is 17.3. The van der Waals surface area contributed by atoms with Crippen molar-refractivity contribution < 1.29 is 181 Å². The van der Waals surface area contributed by atoms with Crippen LogP contribution in [0.4, 0.5) is 0 Å². The van der Waals surface area contributed by atoms with Crippen molar-refractivity contribution >= 4 is 15.6 Å². The Balaban J connectivity index is -0.000000605. The number of phosphoric acid groups is 2. The maximum Gasteiger partial charge on any atom is 1.00 e. The van der Waals surface area contributed by atoms with Crippen LogP contribution < -0.4 is 138 Å². The third-order valence-corrected chi connectivity index (χ3v) is 3.55. The van der Waals surface area contributed by atoms with Crippen LogP contribution >= 0.6 is 15.6 Å². The van der Waals surface area contributed by atoms with E-state index in [1.165, 1.54) is 0 Å². The van der Waals surface area contributed by atoms with Crippen LogP contribution in [0.5, 0.6) is 0 Å². The quantitative estimate of drug-likeness (QED) is 0.214. The second-order valence-corrected chi connectivity index (χ2v) is 6.56. The molecule has 1 fully saturated rings. The maximum atomic E-state index is 10.5. The summed E-state index contributed by atoms with van der Waals surface area (Å²) in [7, 11) is -11.1. The van der Waals surface area contributed by atoms with Gasteiger partial charge in [0.25, 0.3) is 0 Å². The van der Waals surface area contributed by atoms with E-state index in [2.05, 4.69) is 13.8 Å². The molecule has 0 bridgehead atoms. The van der Waals surface area contributed by atoms with Gasteiger partial charge in [-0.25, -0.2) is 0 Å². The number of aliphatic hydroxyl groups is 4.